The number of hydrogen-bond acceptors (Lipinski definition) is 7. The zero-order valence-electron chi connectivity index (χ0n) is 24.6. The van der Waals surface area contributed by atoms with Crippen LogP contribution in [0.4, 0.5) is 16.2 Å². The van der Waals surface area contributed by atoms with Gasteiger partial charge in [-0.15, -0.1) is 11.3 Å². The van der Waals surface area contributed by atoms with Crippen molar-refractivity contribution in [3.8, 4) is 21.0 Å². The Morgan fingerprint density at radius 2 is 1.72 bits per heavy atom. The van der Waals surface area contributed by atoms with Crippen molar-refractivity contribution in [2.75, 3.05) is 10.6 Å². The molecule has 0 spiro atoms. The number of nitrogens with one attached hydrogen (secondary N) is 5. The summed E-state index contributed by atoms with van der Waals surface area (Å²) >= 11 is 6.69. The van der Waals surface area contributed by atoms with Crippen molar-refractivity contribution in [1.82, 2.24) is 25.3 Å². The summed E-state index contributed by atoms with van der Waals surface area (Å²) in [5.74, 6) is 0. The summed E-state index contributed by atoms with van der Waals surface area (Å²) in [5, 5.41) is 13.1. The summed E-state index contributed by atoms with van der Waals surface area (Å²) in [4.78, 5) is 21.9. The average Bonchev–Trinajstić information content (AvgIpc) is 3.41. The summed E-state index contributed by atoms with van der Waals surface area (Å²) in [7, 11) is -3.97. The van der Waals surface area contributed by atoms with Crippen LogP contribution in [0.25, 0.3) is 21.0 Å². The second-order valence-electron chi connectivity index (χ2n) is 11.1. The van der Waals surface area contributed by atoms with E-state index >= 15 is 0 Å². The van der Waals surface area contributed by atoms with Gasteiger partial charge in [-0.1, -0.05) is 12.1 Å². The number of sulfonamides is 1. The van der Waals surface area contributed by atoms with Crippen LogP contribution >= 0.6 is 23.6 Å². The highest BCUT2D eigenvalue weighted by molar-refractivity contribution is 7.89. The van der Waals surface area contributed by atoms with Crippen molar-refractivity contribution in [2.24, 2.45) is 0 Å². The summed E-state index contributed by atoms with van der Waals surface area (Å²) in [5.41, 5.74) is 2.65. The molecule has 4 rings (SSSR count). The Hall–Kier alpha value is -3.91. The molecule has 4 aromatic rings. The van der Waals surface area contributed by atoms with E-state index in [-0.39, 0.29) is 17.5 Å². The van der Waals surface area contributed by atoms with Crippen LogP contribution in [0.2, 0.25) is 0 Å². The van der Waals surface area contributed by atoms with Gasteiger partial charge in [0.25, 0.3) is 0 Å². The molecule has 226 valence electrons. The van der Waals surface area contributed by atoms with E-state index < -0.39 is 21.6 Å². The minimum absolute atomic E-state index is 0.0356. The Morgan fingerprint density at radius 3 is 2.37 bits per heavy atom. The smallest absolute Gasteiger partial charge is 0.319 e. The molecule has 5 N–H and O–H groups in total. The first-order valence-corrected chi connectivity index (χ1v) is 16.3. The number of aromatic nitrogens is 2. The number of benzene rings is 2. The molecule has 10 nitrogen and oxygen atoms in total. The molecule has 0 unspecified atom stereocenters. The first-order chi connectivity index (χ1) is 20.3. The predicted octanol–water partition coefficient (Wildman–Crippen LogP) is 5.97. The number of thiazole rings is 1. The third-order valence-electron chi connectivity index (χ3n) is 5.73. The summed E-state index contributed by atoms with van der Waals surface area (Å²) in [6.45, 7) is 9.61. The zero-order chi connectivity index (χ0) is 31.2. The molecule has 2 amide bonds. The minimum atomic E-state index is -3.97. The fraction of sp³-hybridized carbons (Fsp3) is 0.267. The van der Waals surface area contributed by atoms with E-state index in [1.54, 1.807) is 57.6 Å². The van der Waals surface area contributed by atoms with Crippen LogP contribution in [0, 0.1) is 0 Å². The fourth-order valence-electron chi connectivity index (χ4n) is 4.00. The molecule has 2 aromatic carbocycles. The summed E-state index contributed by atoms with van der Waals surface area (Å²) in [6, 6.07) is 15.9. The number of hydrogen-bond donors (Lipinski definition) is 5. The molecule has 0 saturated heterocycles. The average molecular weight is 638 g/mol. The molecule has 0 aliphatic heterocycles. The number of rotatable bonds is 9. The van der Waals surface area contributed by atoms with Crippen LogP contribution in [-0.4, -0.2) is 41.1 Å². The number of anilines is 2. The lowest BCUT2D eigenvalue weighted by Crippen LogP contribution is -2.40. The number of nitrogens with zero attached hydrogens (tertiary/aromatic N) is 2. The number of carbonyl (C=O) groups excluding carboxylic acids is 1. The molecule has 0 aliphatic carbocycles. The maximum absolute atomic E-state index is 13.6. The molecule has 0 atom stereocenters. The third kappa shape index (κ3) is 9.29. The van der Waals surface area contributed by atoms with Crippen LogP contribution in [-0.2, 0) is 16.6 Å². The van der Waals surface area contributed by atoms with Crippen LogP contribution in [0.1, 0.15) is 40.2 Å². The SMILES string of the molecule is CC(C)NC(=S)Nc1ccc(-c2ncc(-c3ccc(NC(=O)NCc4cccnc4)cc3S(=O)(=O)NC(C)(C)C)s2)cc1. The van der Waals surface area contributed by atoms with Crippen LogP contribution in [0.5, 0.6) is 0 Å². The topological polar surface area (TPSA) is 137 Å². The van der Waals surface area contributed by atoms with Gasteiger partial charge >= 0.3 is 6.03 Å². The Bertz CT molecular complexity index is 1680. The maximum Gasteiger partial charge on any atom is 0.319 e. The lowest BCUT2D eigenvalue weighted by atomic mass is 10.1. The second-order valence-corrected chi connectivity index (χ2v) is 14.2. The van der Waals surface area contributed by atoms with E-state index in [9.17, 15) is 13.2 Å². The Kier molecular flexibility index (Phi) is 10.1. The highest BCUT2D eigenvalue weighted by Crippen LogP contribution is 2.37. The second kappa shape index (κ2) is 13.6. The molecule has 2 aromatic heterocycles. The standard InChI is InChI=1S/C30H35N7O3S3/c1-19(2)34-29(41)36-22-10-8-21(9-11-22)27-32-18-25(42-27)24-13-12-23(15-26(24)43(39,40)37-30(3,4)5)35-28(38)33-17-20-7-6-14-31-16-20/h6-16,18-19,37H,17H2,1-5H3,(H2,33,35,38)(H2,34,36,41). The first kappa shape index (κ1) is 32.0. The van der Waals surface area contributed by atoms with Gasteiger partial charge in [-0.3, -0.25) is 4.98 Å². The maximum atomic E-state index is 13.6. The quantitative estimate of drug-likeness (QED) is 0.142. The number of pyridine rings is 1. The third-order valence-corrected chi connectivity index (χ3v) is 8.82. The van der Waals surface area contributed by atoms with Gasteiger partial charge in [0.2, 0.25) is 10.0 Å². The predicted molar refractivity (Wildman–Crippen MR) is 178 cm³/mol. The molecule has 0 saturated carbocycles. The number of amides is 2. The normalized spacial score (nSPS) is 11.7. The number of urea groups is 1. The molecule has 43 heavy (non-hydrogen) atoms. The van der Waals surface area contributed by atoms with E-state index in [0.717, 1.165) is 21.8 Å². The Balaban J connectivity index is 1.58. The highest BCUT2D eigenvalue weighted by Gasteiger charge is 2.26. The highest BCUT2D eigenvalue weighted by atomic mass is 32.2. The van der Waals surface area contributed by atoms with Crippen molar-refractivity contribution in [3.05, 3.63) is 78.8 Å². The minimum Gasteiger partial charge on any atom is -0.360 e. The van der Waals surface area contributed by atoms with E-state index in [2.05, 4.69) is 36.0 Å². The van der Waals surface area contributed by atoms with Crippen molar-refractivity contribution in [3.63, 3.8) is 0 Å². The zero-order valence-corrected chi connectivity index (χ0v) is 27.0. The molecular weight excluding hydrogens is 603 g/mol. The van der Waals surface area contributed by atoms with Gasteiger partial charge in [0.1, 0.15) is 5.01 Å². The summed E-state index contributed by atoms with van der Waals surface area (Å²) < 4.78 is 29.9. The van der Waals surface area contributed by atoms with Gasteiger partial charge < -0.3 is 21.3 Å². The van der Waals surface area contributed by atoms with Gasteiger partial charge in [0, 0.05) is 59.2 Å². The van der Waals surface area contributed by atoms with Gasteiger partial charge in [0.15, 0.2) is 5.11 Å². The van der Waals surface area contributed by atoms with E-state index in [4.69, 9.17) is 12.2 Å². The van der Waals surface area contributed by atoms with Gasteiger partial charge in [-0.05, 0) is 94.9 Å². The summed E-state index contributed by atoms with van der Waals surface area (Å²) in [6.07, 6.45) is 4.97. The molecule has 0 fully saturated rings. The molecule has 13 heteroatoms. The lowest BCUT2D eigenvalue weighted by Gasteiger charge is -2.22. The van der Waals surface area contributed by atoms with E-state index in [1.807, 2.05) is 44.2 Å². The fourth-order valence-corrected chi connectivity index (χ4v) is 7.05. The van der Waals surface area contributed by atoms with Gasteiger partial charge in [0.05, 0.1) is 9.77 Å². The largest absolute Gasteiger partial charge is 0.360 e. The van der Waals surface area contributed by atoms with Gasteiger partial charge in [-0.2, -0.15) is 0 Å². The van der Waals surface area contributed by atoms with Crippen molar-refractivity contribution in [1.29, 1.82) is 0 Å². The lowest BCUT2D eigenvalue weighted by molar-refractivity contribution is 0.251. The van der Waals surface area contributed by atoms with Gasteiger partial charge in [-0.25, -0.2) is 22.9 Å². The van der Waals surface area contributed by atoms with Crippen molar-refractivity contribution in [2.45, 2.75) is 57.6 Å². The Morgan fingerprint density at radius 1 is 1.00 bits per heavy atom. The molecule has 2 heterocycles. The van der Waals surface area contributed by atoms with Crippen LogP contribution in [0.15, 0.2) is 78.1 Å². The Labute approximate surface area is 261 Å². The number of thiocarbonyl (C=S) groups is 1. The van der Waals surface area contributed by atoms with E-state index in [0.29, 0.717) is 21.2 Å². The molecule has 0 radical (unpaired) electrons. The van der Waals surface area contributed by atoms with Crippen molar-refractivity contribution < 1.29 is 13.2 Å². The van der Waals surface area contributed by atoms with E-state index in [1.165, 1.54) is 17.4 Å². The molecular formula is C30H35N7O3S3. The monoisotopic (exact) mass is 637 g/mol. The van der Waals surface area contributed by atoms with Crippen molar-refractivity contribution >= 4 is 56.1 Å². The number of carbonyl (C=O) groups is 1. The molecule has 0 bridgehead atoms. The van der Waals surface area contributed by atoms with Crippen LogP contribution < -0.4 is 26.0 Å². The first-order valence-electron chi connectivity index (χ1n) is 13.5. The molecule has 0 aliphatic rings. The van der Waals surface area contributed by atoms with Crippen LogP contribution in [0.3, 0.4) is 0 Å².